The molecule has 0 aromatic carbocycles. The second-order valence-electron chi connectivity index (χ2n) is 4.08. The summed E-state index contributed by atoms with van der Waals surface area (Å²) in [4.78, 5) is 19.7. The maximum Gasteiger partial charge on any atom is 0.305 e. The van der Waals surface area contributed by atoms with Crippen molar-refractivity contribution in [2.24, 2.45) is 0 Å². The number of carbonyl (C=O) groups is 1. The minimum atomic E-state index is -0.138. The Hall–Kier alpha value is -1.91. The monoisotopic (exact) mass is 247 g/mol. The fraction of sp³-hybridized carbons (Fsp3) is 0.462. The molecule has 2 aromatic rings. The molecule has 0 amide bonds. The van der Waals surface area contributed by atoms with Gasteiger partial charge in [0.1, 0.15) is 11.3 Å². The summed E-state index contributed by atoms with van der Waals surface area (Å²) in [6.45, 7) is 4.99. The normalized spacial score (nSPS) is 10.8. The molecule has 96 valence electrons. The van der Waals surface area contributed by atoms with Crippen LogP contribution in [0.15, 0.2) is 18.5 Å². The number of imidazole rings is 1. The van der Waals surface area contributed by atoms with Gasteiger partial charge in [0.25, 0.3) is 0 Å². The topological polar surface area (TPSA) is 57.0 Å². The molecule has 0 atom stereocenters. The first kappa shape index (κ1) is 12.5. The van der Waals surface area contributed by atoms with Gasteiger partial charge in [-0.25, -0.2) is 4.98 Å². The molecule has 5 nitrogen and oxygen atoms in total. The zero-order valence-electron chi connectivity index (χ0n) is 10.7. The van der Waals surface area contributed by atoms with Crippen molar-refractivity contribution in [3.8, 4) is 0 Å². The number of hydrogen-bond acceptors (Lipinski definition) is 4. The van der Waals surface area contributed by atoms with Gasteiger partial charge >= 0.3 is 5.97 Å². The number of nitrogens with zero attached hydrogens (tertiary/aromatic N) is 3. The smallest absolute Gasteiger partial charge is 0.305 e. The van der Waals surface area contributed by atoms with Crippen LogP contribution in [0.5, 0.6) is 0 Å². The van der Waals surface area contributed by atoms with Gasteiger partial charge in [-0.3, -0.25) is 9.78 Å². The molecule has 0 fully saturated rings. The van der Waals surface area contributed by atoms with Crippen molar-refractivity contribution in [3.05, 3.63) is 24.3 Å². The number of hydrogen-bond donors (Lipinski definition) is 0. The molecule has 0 spiro atoms. The van der Waals surface area contributed by atoms with Gasteiger partial charge in [-0.05, 0) is 26.3 Å². The van der Waals surface area contributed by atoms with Crippen molar-refractivity contribution >= 4 is 17.0 Å². The van der Waals surface area contributed by atoms with Crippen LogP contribution in [0.4, 0.5) is 0 Å². The first-order chi connectivity index (χ1) is 8.72. The van der Waals surface area contributed by atoms with E-state index in [9.17, 15) is 4.79 Å². The Labute approximate surface area is 106 Å². The minimum absolute atomic E-state index is 0.138. The molecule has 18 heavy (non-hydrogen) atoms. The summed E-state index contributed by atoms with van der Waals surface area (Å²) in [5.41, 5.74) is 1.96. The third kappa shape index (κ3) is 2.67. The second kappa shape index (κ2) is 5.62. The Morgan fingerprint density at radius 2 is 2.33 bits per heavy atom. The minimum Gasteiger partial charge on any atom is -0.466 e. The van der Waals surface area contributed by atoms with Crippen LogP contribution < -0.4 is 0 Å². The van der Waals surface area contributed by atoms with Crippen LogP contribution in [0.25, 0.3) is 11.0 Å². The molecule has 0 saturated heterocycles. The standard InChI is InChI=1S/C13H17N3O2/c1-3-18-13(17)5-4-8-16-10(2)15-11-9-14-7-6-12(11)16/h6-7,9H,3-5,8H2,1-2H3. The Morgan fingerprint density at radius 3 is 3.11 bits per heavy atom. The molecule has 2 aromatic heterocycles. The van der Waals surface area contributed by atoms with Crippen LogP contribution in [-0.4, -0.2) is 27.1 Å². The summed E-state index contributed by atoms with van der Waals surface area (Å²) in [5, 5.41) is 0. The van der Waals surface area contributed by atoms with Gasteiger partial charge in [-0.2, -0.15) is 0 Å². The average molecular weight is 247 g/mol. The van der Waals surface area contributed by atoms with Crippen LogP contribution in [0.3, 0.4) is 0 Å². The van der Waals surface area contributed by atoms with Crippen LogP contribution in [0, 0.1) is 6.92 Å². The van der Waals surface area contributed by atoms with Crippen LogP contribution in [0.2, 0.25) is 0 Å². The lowest BCUT2D eigenvalue weighted by atomic mass is 10.3. The third-order valence-corrected chi connectivity index (χ3v) is 2.81. The van der Waals surface area contributed by atoms with Crippen LogP contribution in [-0.2, 0) is 16.1 Å². The maximum atomic E-state index is 11.3. The molecule has 0 bridgehead atoms. The Morgan fingerprint density at radius 1 is 1.50 bits per heavy atom. The fourth-order valence-corrected chi connectivity index (χ4v) is 2.00. The molecule has 0 unspecified atom stereocenters. The number of carbonyl (C=O) groups excluding carboxylic acids is 1. The van der Waals surface area contributed by atoms with Crippen molar-refractivity contribution in [2.45, 2.75) is 33.2 Å². The van der Waals surface area contributed by atoms with Gasteiger partial charge in [0.15, 0.2) is 0 Å². The predicted molar refractivity (Wildman–Crippen MR) is 68.1 cm³/mol. The van der Waals surface area contributed by atoms with Gasteiger partial charge in [-0.15, -0.1) is 0 Å². The number of ether oxygens (including phenoxy) is 1. The Bertz CT molecular complexity index is 548. The molecule has 0 saturated carbocycles. The zero-order chi connectivity index (χ0) is 13.0. The highest BCUT2D eigenvalue weighted by atomic mass is 16.5. The second-order valence-corrected chi connectivity index (χ2v) is 4.08. The number of fused-ring (bicyclic) bond motifs is 1. The van der Waals surface area contributed by atoms with Gasteiger partial charge in [0.05, 0.1) is 18.3 Å². The van der Waals surface area contributed by atoms with E-state index in [0.717, 1.165) is 29.8 Å². The molecule has 5 heteroatoms. The maximum absolute atomic E-state index is 11.3. The van der Waals surface area contributed by atoms with E-state index in [0.29, 0.717) is 13.0 Å². The van der Waals surface area contributed by atoms with E-state index >= 15 is 0 Å². The first-order valence-electron chi connectivity index (χ1n) is 6.15. The molecular formula is C13H17N3O2. The van der Waals surface area contributed by atoms with Crippen molar-refractivity contribution < 1.29 is 9.53 Å². The lowest BCUT2D eigenvalue weighted by Gasteiger charge is -2.06. The van der Waals surface area contributed by atoms with E-state index in [-0.39, 0.29) is 5.97 Å². The summed E-state index contributed by atoms with van der Waals surface area (Å²) in [5.74, 6) is 0.808. The quantitative estimate of drug-likeness (QED) is 0.759. The van der Waals surface area contributed by atoms with E-state index in [1.165, 1.54) is 0 Å². The van der Waals surface area contributed by atoms with Crippen LogP contribution in [0.1, 0.15) is 25.6 Å². The Balaban J connectivity index is 2.03. The lowest BCUT2D eigenvalue weighted by Crippen LogP contribution is -2.07. The van der Waals surface area contributed by atoms with E-state index in [1.54, 1.807) is 12.4 Å². The molecule has 2 rings (SSSR count). The van der Waals surface area contributed by atoms with Crippen molar-refractivity contribution in [3.63, 3.8) is 0 Å². The summed E-state index contributed by atoms with van der Waals surface area (Å²) in [6.07, 6.45) is 4.71. The molecule has 0 radical (unpaired) electrons. The molecule has 0 aliphatic rings. The Kier molecular flexibility index (Phi) is 3.92. The summed E-state index contributed by atoms with van der Waals surface area (Å²) >= 11 is 0. The van der Waals surface area contributed by atoms with Gasteiger partial charge in [0, 0.05) is 19.2 Å². The summed E-state index contributed by atoms with van der Waals surface area (Å²) in [7, 11) is 0. The number of rotatable bonds is 5. The number of esters is 1. The molecule has 0 aliphatic carbocycles. The SMILES string of the molecule is CCOC(=O)CCCn1c(C)nc2cnccc21. The highest BCUT2D eigenvalue weighted by Gasteiger charge is 2.08. The number of aryl methyl sites for hydroxylation is 2. The van der Waals surface area contributed by atoms with Gasteiger partial charge in [0.2, 0.25) is 0 Å². The summed E-state index contributed by atoms with van der Waals surface area (Å²) < 4.78 is 7.01. The molecular weight excluding hydrogens is 230 g/mol. The van der Waals surface area contributed by atoms with Crippen molar-refractivity contribution in [2.75, 3.05) is 6.61 Å². The van der Waals surface area contributed by atoms with Crippen molar-refractivity contribution in [1.82, 2.24) is 14.5 Å². The van der Waals surface area contributed by atoms with E-state index < -0.39 is 0 Å². The molecule has 0 N–H and O–H groups in total. The average Bonchev–Trinajstić information content (AvgIpc) is 2.66. The third-order valence-electron chi connectivity index (χ3n) is 2.81. The molecule has 2 heterocycles. The first-order valence-corrected chi connectivity index (χ1v) is 6.15. The summed E-state index contributed by atoms with van der Waals surface area (Å²) in [6, 6.07) is 1.94. The highest BCUT2D eigenvalue weighted by molar-refractivity contribution is 5.74. The van der Waals surface area contributed by atoms with E-state index in [2.05, 4.69) is 14.5 Å². The van der Waals surface area contributed by atoms with Gasteiger partial charge in [-0.1, -0.05) is 0 Å². The van der Waals surface area contributed by atoms with E-state index in [1.807, 2.05) is 19.9 Å². The highest BCUT2D eigenvalue weighted by Crippen LogP contribution is 2.15. The number of pyridine rings is 1. The number of aromatic nitrogens is 3. The van der Waals surface area contributed by atoms with Gasteiger partial charge < -0.3 is 9.30 Å². The zero-order valence-corrected chi connectivity index (χ0v) is 10.7. The van der Waals surface area contributed by atoms with Crippen molar-refractivity contribution in [1.29, 1.82) is 0 Å². The largest absolute Gasteiger partial charge is 0.466 e. The van der Waals surface area contributed by atoms with E-state index in [4.69, 9.17) is 4.74 Å². The lowest BCUT2D eigenvalue weighted by molar-refractivity contribution is -0.143. The predicted octanol–water partition coefficient (Wildman–Crippen LogP) is 2.08. The fourth-order valence-electron chi connectivity index (χ4n) is 2.00. The molecule has 0 aliphatic heterocycles. The van der Waals surface area contributed by atoms with Crippen LogP contribution >= 0.6 is 0 Å².